The molecule has 0 spiro atoms. The number of ketones is 1. The molecule has 11 nitrogen and oxygen atoms in total. The van der Waals surface area contributed by atoms with Crippen molar-refractivity contribution in [3.05, 3.63) is 0 Å². The number of rotatable bonds is 2. The number of nitrogens with zero attached hydrogens (tertiary/aromatic N) is 4. The van der Waals surface area contributed by atoms with Crippen LogP contribution in [0.25, 0.3) is 0 Å². The summed E-state index contributed by atoms with van der Waals surface area (Å²) in [5, 5.41) is 0. The number of hydrogen-bond donors (Lipinski definition) is 0. The Labute approximate surface area is 195 Å². The first-order chi connectivity index (χ1) is 15.1. The van der Waals surface area contributed by atoms with Crippen molar-refractivity contribution in [1.29, 1.82) is 0 Å². The van der Waals surface area contributed by atoms with E-state index in [4.69, 9.17) is 10.6 Å². The van der Waals surface area contributed by atoms with Gasteiger partial charge in [-0.05, 0) is 0 Å². The summed E-state index contributed by atoms with van der Waals surface area (Å²) in [5.41, 5.74) is -0.443. The van der Waals surface area contributed by atoms with E-state index in [1.54, 1.807) is 0 Å². The Morgan fingerprint density at radius 2 is 1.06 bits per heavy atom. The molecule has 4 bridgehead atoms. The zero-order chi connectivity index (χ0) is 23.3. The Hall–Kier alpha value is -1.44. The van der Waals surface area contributed by atoms with Crippen LogP contribution in [0.4, 0.5) is 0 Å². The van der Waals surface area contributed by atoms with Gasteiger partial charge in [0, 0.05) is 0 Å². The quantitative estimate of drug-likeness (QED) is 0.403. The van der Waals surface area contributed by atoms with Gasteiger partial charge in [-0.25, -0.2) is 0 Å². The van der Waals surface area contributed by atoms with Crippen LogP contribution < -0.4 is 0 Å². The van der Waals surface area contributed by atoms with Crippen LogP contribution in [-0.2, 0) is 29.8 Å². The molecule has 0 aromatic rings. The summed E-state index contributed by atoms with van der Waals surface area (Å²) in [6.07, 6.45) is 0. The summed E-state index contributed by atoms with van der Waals surface area (Å²) in [5.74, 6) is -1.51. The molecular formula is C20H33GaN4O7. The van der Waals surface area contributed by atoms with Crippen molar-refractivity contribution in [2.45, 2.75) is 20.8 Å². The summed E-state index contributed by atoms with van der Waals surface area (Å²) < 4.78 is 16.0. The number of fused-ring (bicyclic) bond motifs is 7. The van der Waals surface area contributed by atoms with Crippen molar-refractivity contribution in [2.24, 2.45) is 5.41 Å². The van der Waals surface area contributed by atoms with Crippen molar-refractivity contribution in [1.82, 2.24) is 19.6 Å². The molecule has 0 aliphatic carbocycles. The average Bonchev–Trinajstić information content (AvgIpc) is 2.71. The normalized spacial score (nSPS) is 29.0. The van der Waals surface area contributed by atoms with Crippen LogP contribution in [0.3, 0.4) is 0 Å². The van der Waals surface area contributed by atoms with E-state index in [9.17, 15) is 19.2 Å². The van der Waals surface area contributed by atoms with Gasteiger partial charge >= 0.3 is 195 Å². The first-order valence-electron chi connectivity index (χ1n) is 11.1. The van der Waals surface area contributed by atoms with E-state index in [2.05, 4.69) is 4.90 Å². The van der Waals surface area contributed by atoms with Crippen LogP contribution in [0.5, 0.6) is 0 Å². The van der Waals surface area contributed by atoms with Crippen LogP contribution >= 0.6 is 0 Å². The third-order valence-corrected chi connectivity index (χ3v) is 8.74. The molecule has 3 rings (SSSR count). The van der Waals surface area contributed by atoms with Crippen LogP contribution in [0, 0.1) is 5.41 Å². The molecular weight excluding hydrogens is 478 g/mol. The first-order valence-corrected chi connectivity index (χ1v) is 14.1. The average molecular weight is 511 g/mol. The van der Waals surface area contributed by atoms with Gasteiger partial charge in [0.1, 0.15) is 0 Å². The van der Waals surface area contributed by atoms with Crippen LogP contribution in [0.1, 0.15) is 20.8 Å². The number of carbonyl (C=O) groups is 4. The molecule has 0 saturated carbocycles. The minimum atomic E-state index is -3.83. The molecule has 3 heterocycles. The molecule has 2 atom stereocenters. The molecule has 3 fully saturated rings. The molecule has 32 heavy (non-hydrogen) atoms. The van der Waals surface area contributed by atoms with Crippen molar-refractivity contribution < 1.29 is 29.8 Å². The van der Waals surface area contributed by atoms with Gasteiger partial charge in [-0.2, -0.15) is 0 Å². The fourth-order valence-electron chi connectivity index (χ4n) is 3.70. The molecule has 0 radical (unpaired) electrons. The van der Waals surface area contributed by atoms with E-state index in [0.717, 1.165) is 0 Å². The van der Waals surface area contributed by atoms with Gasteiger partial charge in [0.15, 0.2) is 0 Å². The van der Waals surface area contributed by atoms with Crippen LogP contribution in [0.2, 0.25) is 0 Å². The predicted octanol–water partition coefficient (Wildman–Crippen LogP) is -1.54. The zero-order valence-electron chi connectivity index (χ0n) is 19.2. The van der Waals surface area contributed by atoms with Gasteiger partial charge in [0.25, 0.3) is 0 Å². The SMILES string of the molecule is CC(C)(C)C(=O)CN1CCN2CCN3CCN(CC1)CC(=O)[O][Ga]([O]C(=O)C3)[O]C(=O)C2. The molecule has 3 saturated heterocycles. The Morgan fingerprint density at radius 3 is 1.41 bits per heavy atom. The van der Waals surface area contributed by atoms with Crippen LogP contribution in [-0.4, -0.2) is 139 Å². The van der Waals surface area contributed by atoms with Crippen molar-refractivity contribution in [3.8, 4) is 0 Å². The molecule has 0 aromatic carbocycles. The van der Waals surface area contributed by atoms with E-state index in [0.29, 0.717) is 58.9 Å². The summed E-state index contributed by atoms with van der Waals surface area (Å²) in [7, 11) is 0. The number of hydrogen-bond acceptors (Lipinski definition) is 11. The fourth-order valence-corrected chi connectivity index (χ4v) is 5.83. The molecule has 3 aliphatic rings. The molecule has 3 aliphatic heterocycles. The van der Waals surface area contributed by atoms with Gasteiger partial charge < -0.3 is 0 Å². The zero-order valence-corrected chi connectivity index (χ0v) is 21.6. The van der Waals surface area contributed by atoms with Gasteiger partial charge in [-0.15, -0.1) is 0 Å². The summed E-state index contributed by atoms with van der Waals surface area (Å²) >= 11 is -3.83. The molecule has 178 valence electrons. The third-order valence-electron chi connectivity index (χ3n) is 5.87. The number of carbonyl (C=O) groups excluding carboxylic acids is 4. The molecule has 12 heteroatoms. The van der Waals surface area contributed by atoms with Crippen LogP contribution in [0.15, 0.2) is 0 Å². The Bertz CT molecular complexity index is 693. The standard InChI is InChI=1S/C20H36N4O7.Ga/c1-20(2,3)16(25)12-21-4-6-22(13-17(26)27)8-10-24(15-19(30)31)11-9-23(7-5-21)14-18(28)29;/h4-15H2,1-3H3,(H,26,27)(H,28,29)(H,30,31);/q;+3/p-3. The Morgan fingerprint density at radius 1 is 0.719 bits per heavy atom. The molecule has 0 N–H and O–H groups in total. The fraction of sp³-hybridized carbons (Fsp3) is 0.800. The topological polar surface area (TPSA) is 109 Å². The Balaban J connectivity index is 1.86. The number of Topliss-reactive ketones (excluding diaryl/α,β-unsaturated/α-hetero) is 1. The maximum atomic E-state index is 12.7. The monoisotopic (exact) mass is 510 g/mol. The van der Waals surface area contributed by atoms with E-state index in [1.807, 2.05) is 35.5 Å². The van der Waals surface area contributed by atoms with Crippen molar-refractivity contribution in [2.75, 3.05) is 78.5 Å². The predicted molar refractivity (Wildman–Crippen MR) is 114 cm³/mol. The molecule has 2 unspecified atom stereocenters. The molecule has 0 aromatic heterocycles. The summed E-state index contributed by atoms with van der Waals surface area (Å²) in [6.45, 7) is 10.8. The van der Waals surface area contributed by atoms with E-state index < -0.39 is 40.6 Å². The van der Waals surface area contributed by atoms with Gasteiger partial charge in [0.05, 0.1) is 0 Å². The molecule has 0 amide bonds. The third kappa shape index (κ3) is 7.85. The maximum absolute atomic E-state index is 12.7. The Kier molecular flexibility index (Phi) is 8.75. The van der Waals surface area contributed by atoms with Crippen molar-refractivity contribution >= 4 is 41.0 Å². The second-order valence-electron chi connectivity index (χ2n) is 9.54. The van der Waals surface area contributed by atoms with E-state index >= 15 is 0 Å². The van der Waals surface area contributed by atoms with Gasteiger partial charge in [-0.1, -0.05) is 0 Å². The van der Waals surface area contributed by atoms with E-state index in [-0.39, 0.29) is 25.4 Å². The van der Waals surface area contributed by atoms with E-state index in [1.165, 1.54) is 0 Å². The summed E-state index contributed by atoms with van der Waals surface area (Å²) in [4.78, 5) is 58.0. The van der Waals surface area contributed by atoms with Gasteiger partial charge in [0.2, 0.25) is 0 Å². The second-order valence-corrected chi connectivity index (χ2v) is 12.2. The minimum absolute atomic E-state index is 0.0118. The first kappa shape index (κ1) is 25.2. The second kappa shape index (κ2) is 11.1. The van der Waals surface area contributed by atoms with Gasteiger partial charge in [-0.3, -0.25) is 0 Å². The van der Waals surface area contributed by atoms with Crippen molar-refractivity contribution in [3.63, 3.8) is 0 Å². The summed E-state index contributed by atoms with van der Waals surface area (Å²) in [6, 6.07) is 0.